The van der Waals surface area contributed by atoms with Crippen LogP contribution < -0.4 is 21.7 Å². The van der Waals surface area contributed by atoms with Crippen LogP contribution in [0.1, 0.15) is 28.8 Å². The van der Waals surface area contributed by atoms with Crippen LogP contribution in [0.15, 0.2) is 29.5 Å². The van der Waals surface area contributed by atoms with Crippen LogP contribution in [0.3, 0.4) is 0 Å². The van der Waals surface area contributed by atoms with Gasteiger partial charge in [0.15, 0.2) is 0 Å². The Morgan fingerprint density at radius 2 is 2.07 bits per heavy atom. The van der Waals surface area contributed by atoms with Gasteiger partial charge in [0.05, 0.1) is 18.2 Å². The molecule has 0 radical (unpaired) electrons. The molecule has 9 heteroatoms. The van der Waals surface area contributed by atoms with Crippen molar-refractivity contribution in [2.45, 2.75) is 25.8 Å². The Labute approximate surface area is 164 Å². The molecule has 1 saturated heterocycles. The van der Waals surface area contributed by atoms with E-state index in [0.717, 1.165) is 48.1 Å². The van der Waals surface area contributed by atoms with Gasteiger partial charge in [-0.15, -0.1) is 5.10 Å². The molecule has 0 spiro atoms. The van der Waals surface area contributed by atoms with Gasteiger partial charge in [0.2, 0.25) is 5.96 Å². The maximum absolute atomic E-state index is 12.7. The maximum atomic E-state index is 12.7. The van der Waals surface area contributed by atoms with Crippen LogP contribution in [0.2, 0.25) is 0 Å². The Hall–Kier alpha value is -3.07. The molecule has 0 saturated carbocycles. The number of amides is 1. The first-order valence-electron chi connectivity index (χ1n) is 9.19. The molecule has 1 aliphatic rings. The molecule has 0 aliphatic carbocycles. The van der Waals surface area contributed by atoms with Gasteiger partial charge in [0.1, 0.15) is 5.75 Å². The molecule has 150 valence electrons. The molecule has 3 rings (SSSR count). The number of aryl methyl sites for hydroxylation is 1. The first kappa shape index (κ1) is 19.7. The number of nitrogens with two attached hydrogens (primary N) is 2. The number of piperidine rings is 1. The first-order valence-corrected chi connectivity index (χ1v) is 9.19. The zero-order valence-electron chi connectivity index (χ0n) is 16.5. The third kappa shape index (κ3) is 4.09. The normalized spacial score (nSPS) is 15.6. The number of fused-ring (bicyclic) bond motifs is 1. The number of benzene rings is 1. The largest absolute Gasteiger partial charge is 0.496 e. The quantitative estimate of drug-likeness (QED) is 0.309. The second-order valence-electron chi connectivity index (χ2n) is 7.01. The van der Waals surface area contributed by atoms with E-state index in [9.17, 15) is 4.79 Å². The van der Waals surface area contributed by atoms with Crippen molar-refractivity contribution in [3.05, 3.63) is 35.5 Å². The van der Waals surface area contributed by atoms with E-state index in [1.807, 2.05) is 30.0 Å². The molecule has 5 N–H and O–H groups in total. The standard InChI is InChI=1S/C19H27N7O2/c1-12-8-13-9-14(11-22-16(13)10-17(12)28-3)18(27)23-15-4-6-26(7-5-15)19(24-20)25(2)21/h8-11,15H,4-7,20-21H2,1-3H3,(H,23,27)/b24-19+. The molecule has 2 aromatic rings. The van der Waals surface area contributed by atoms with E-state index in [1.165, 1.54) is 5.01 Å². The first-order chi connectivity index (χ1) is 13.4. The summed E-state index contributed by atoms with van der Waals surface area (Å²) < 4.78 is 5.33. The van der Waals surface area contributed by atoms with Crippen molar-refractivity contribution < 1.29 is 9.53 Å². The minimum Gasteiger partial charge on any atom is -0.496 e. The predicted molar refractivity (Wildman–Crippen MR) is 109 cm³/mol. The maximum Gasteiger partial charge on any atom is 0.253 e. The summed E-state index contributed by atoms with van der Waals surface area (Å²) in [5.41, 5.74) is 2.35. The van der Waals surface area contributed by atoms with Gasteiger partial charge in [-0.05, 0) is 37.5 Å². The van der Waals surface area contributed by atoms with Crippen LogP contribution in [-0.2, 0) is 0 Å². The fourth-order valence-electron chi connectivity index (χ4n) is 3.50. The van der Waals surface area contributed by atoms with Crippen LogP contribution in [-0.4, -0.2) is 60.0 Å². The van der Waals surface area contributed by atoms with Crippen LogP contribution in [0, 0.1) is 6.92 Å². The summed E-state index contributed by atoms with van der Waals surface area (Å²) in [5.74, 6) is 12.4. The molecule has 9 nitrogen and oxygen atoms in total. The molecule has 1 aromatic carbocycles. The topological polar surface area (TPSA) is 122 Å². The minimum absolute atomic E-state index is 0.0826. The highest BCUT2D eigenvalue weighted by Crippen LogP contribution is 2.24. The summed E-state index contributed by atoms with van der Waals surface area (Å²) >= 11 is 0. The summed E-state index contributed by atoms with van der Waals surface area (Å²) in [6.07, 6.45) is 3.18. The Morgan fingerprint density at radius 3 is 2.68 bits per heavy atom. The molecule has 1 aromatic heterocycles. The third-order valence-electron chi connectivity index (χ3n) is 5.00. The van der Waals surface area contributed by atoms with Crippen molar-refractivity contribution in [3.8, 4) is 5.75 Å². The highest BCUT2D eigenvalue weighted by atomic mass is 16.5. The van der Waals surface area contributed by atoms with Crippen molar-refractivity contribution in [3.63, 3.8) is 0 Å². The number of carbonyl (C=O) groups excluding carboxylic acids is 1. The van der Waals surface area contributed by atoms with Crippen molar-refractivity contribution in [2.24, 2.45) is 16.8 Å². The predicted octanol–water partition coefficient (Wildman–Crippen LogP) is 0.781. The number of carbonyl (C=O) groups is 1. The van der Waals surface area contributed by atoms with Gasteiger partial charge in [-0.3, -0.25) is 14.8 Å². The zero-order chi connectivity index (χ0) is 20.3. The lowest BCUT2D eigenvalue weighted by atomic mass is 10.0. The lowest BCUT2D eigenvalue weighted by Crippen LogP contribution is -2.52. The van der Waals surface area contributed by atoms with E-state index in [0.29, 0.717) is 11.5 Å². The van der Waals surface area contributed by atoms with Crippen LogP contribution in [0.25, 0.3) is 10.9 Å². The van der Waals surface area contributed by atoms with Crippen LogP contribution >= 0.6 is 0 Å². The van der Waals surface area contributed by atoms with E-state index >= 15 is 0 Å². The Morgan fingerprint density at radius 1 is 1.36 bits per heavy atom. The second-order valence-corrected chi connectivity index (χ2v) is 7.01. The van der Waals surface area contributed by atoms with Crippen LogP contribution in [0.4, 0.5) is 0 Å². The molecule has 1 fully saturated rings. The van der Waals surface area contributed by atoms with Gasteiger partial charge in [-0.25, -0.2) is 5.84 Å². The van der Waals surface area contributed by atoms with E-state index in [-0.39, 0.29) is 11.9 Å². The number of hydrogen-bond donors (Lipinski definition) is 3. The van der Waals surface area contributed by atoms with Crippen molar-refractivity contribution >= 4 is 22.8 Å². The number of aromatic nitrogens is 1. The van der Waals surface area contributed by atoms with E-state index in [1.54, 1.807) is 20.4 Å². The van der Waals surface area contributed by atoms with Gasteiger partial charge in [-0.1, -0.05) is 0 Å². The van der Waals surface area contributed by atoms with E-state index < -0.39 is 0 Å². The summed E-state index contributed by atoms with van der Waals surface area (Å²) in [4.78, 5) is 19.1. The summed E-state index contributed by atoms with van der Waals surface area (Å²) in [6, 6.07) is 5.81. The lowest BCUT2D eigenvalue weighted by molar-refractivity contribution is 0.0920. The number of guanidine groups is 1. The SMILES string of the molecule is COc1cc2ncc(C(=O)NC3CCN(/C(=N/N)N(C)N)CC3)cc2cc1C. The number of nitrogens with one attached hydrogen (secondary N) is 1. The molecule has 0 bridgehead atoms. The Kier molecular flexibility index (Phi) is 5.84. The van der Waals surface area contributed by atoms with Gasteiger partial charge in [-0.2, -0.15) is 0 Å². The number of hydrazone groups is 1. The fourth-order valence-corrected chi connectivity index (χ4v) is 3.50. The van der Waals surface area contributed by atoms with Crippen LogP contribution in [0.5, 0.6) is 5.75 Å². The average Bonchev–Trinajstić information content (AvgIpc) is 2.68. The minimum atomic E-state index is -0.120. The Bertz CT molecular complexity index is 889. The molecule has 2 heterocycles. The van der Waals surface area contributed by atoms with Crippen molar-refractivity contribution in [1.82, 2.24) is 20.2 Å². The number of pyridine rings is 1. The lowest BCUT2D eigenvalue weighted by Gasteiger charge is -2.35. The second kappa shape index (κ2) is 8.30. The summed E-state index contributed by atoms with van der Waals surface area (Å²) in [7, 11) is 3.33. The highest BCUT2D eigenvalue weighted by molar-refractivity contribution is 5.97. The number of methoxy groups -OCH3 is 1. The average molecular weight is 385 g/mol. The van der Waals surface area contributed by atoms with Gasteiger partial charge in [0.25, 0.3) is 5.91 Å². The number of likely N-dealkylation sites (tertiary alicyclic amines) is 1. The molecule has 0 atom stereocenters. The molecular weight excluding hydrogens is 358 g/mol. The van der Waals surface area contributed by atoms with E-state index in [2.05, 4.69) is 15.4 Å². The third-order valence-corrected chi connectivity index (χ3v) is 5.00. The van der Waals surface area contributed by atoms with Crippen molar-refractivity contribution in [1.29, 1.82) is 0 Å². The smallest absolute Gasteiger partial charge is 0.253 e. The van der Waals surface area contributed by atoms with Gasteiger partial charge < -0.3 is 20.8 Å². The highest BCUT2D eigenvalue weighted by Gasteiger charge is 2.24. The molecule has 28 heavy (non-hydrogen) atoms. The van der Waals surface area contributed by atoms with E-state index in [4.69, 9.17) is 16.4 Å². The number of nitrogens with zero attached hydrogens (tertiary/aromatic N) is 4. The van der Waals surface area contributed by atoms with Gasteiger partial charge in [0, 0.05) is 43.8 Å². The zero-order valence-corrected chi connectivity index (χ0v) is 16.5. The summed E-state index contributed by atoms with van der Waals surface area (Å²) in [5, 5.41) is 9.14. The number of rotatable bonds is 3. The van der Waals surface area contributed by atoms with Gasteiger partial charge >= 0.3 is 0 Å². The molecule has 1 aliphatic heterocycles. The monoisotopic (exact) mass is 385 g/mol. The molecular formula is C19H27N7O2. The number of hydrogen-bond acceptors (Lipinski definition) is 6. The number of ether oxygens (including phenoxy) is 1. The molecule has 0 unspecified atom stereocenters. The Balaban J connectivity index is 1.65. The fraction of sp³-hybridized carbons (Fsp3) is 0.421. The summed E-state index contributed by atoms with van der Waals surface area (Å²) in [6.45, 7) is 3.41. The molecule has 1 amide bonds. The number of hydrazine groups is 1. The van der Waals surface area contributed by atoms with Crippen molar-refractivity contribution in [2.75, 3.05) is 27.2 Å².